The summed E-state index contributed by atoms with van der Waals surface area (Å²) in [5, 5.41) is 20.6. The standard InChI is InChI=1S/C32H35FN6O3S/c1-5-19(2)25(15-21-17-38(3)12-13-39(21)4)34-27-16-26(36-37-31(27)41)22-10-11-24(33)30(23(22)18-40)35-32(42)29-14-20-8-6-7-9-28(20)43-29/h6-11,14-16,19,40H,5,12-13,17-18H2,1-4H3,(H,35,42)(H,37,41)/b21-15-,34-25?. The second-order valence-corrected chi connectivity index (χ2v) is 11.9. The van der Waals surface area contributed by atoms with Gasteiger partial charge in [0.25, 0.3) is 11.5 Å². The van der Waals surface area contributed by atoms with Crippen LogP contribution in [0.4, 0.5) is 15.8 Å². The molecule has 1 unspecified atom stereocenters. The number of aliphatic imine (C=N–C) groups is 1. The summed E-state index contributed by atoms with van der Waals surface area (Å²) in [4.78, 5) is 35.6. The first-order valence-electron chi connectivity index (χ1n) is 14.2. The number of thiophene rings is 1. The molecule has 5 rings (SSSR count). The van der Waals surface area contributed by atoms with Gasteiger partial charge in [0.15, 0.2) is 0 Å². The van der Waals surface area contributed by atoms with Crippen molar-refractivity contribution in [2.45, 2.75) is 26.9 Å². The smallest absolute Gasteiger partial charge is 0.290 e. The van der Waals surface area contributed by atoms with Crippen molar-refractivity contribution in [1.82, 2.24) is 20.0 Å². The number of aromatic amines is 1. The van der Waals surface area contributed by atoms with Crippen molar-refractivity contribution in [3.63, 3.8) is 0 Å². The van der Waals surface area contributed by atoms with Crippen LogP contribution < -0.4 is 10.9 Å². The molecule has 3 heterocycles. The summed E-state index contributed by atoms with van der Waals surface area (Å²) in [5.74, 6) is -1.10. The van der Waals surface area contributed by atoms with Crippen LogP contribution in [-0.2, 0) is 6.61 Å². The molecule has 3 N–H and O–H groups in total. The van der Waals surface area contributed by atoms with E-state index >= 15 is 4.39 Å². The molecular weight excluding hydrogens is 567 g/mol. The molecule has 4 aromatic rings. The number of carbonyl (C=O) groups is 1. The molecule has 2 aromatic carbocycles. The van der Waals surface area contributed by atoms with E-state index in [9.17, 15) is 14.7 Å². The van der Waals surface area contributed by atoms with Gasteiger partial charge in [-0.15, -0.1) is 11.3 Å². The summed E-state index contributed by atoms with van der Waals surface area (Å²) in [6.07, 6.45) is 2.87. The maximum absolute atomic E-state index is 15.1. The molecule has 1 amide bonds. The minimum atomic E-state index is -0.697. The van der Waals surface area contributed by atoms with E-state index in [0.29, 0.717) is 10.4 Å². The second-order valence-electron chi connectivity index (χ2n) is 10.8. The molecule has 0 spiro atoms. The number of nitrogens with one attached hydrogen (secondary N) is 2. The summed E-state index contributed by atoms with van der Waals surface area (Å²) in [6, 6.07) is 13.5. The topological polar surface area (TPSA) is 114 Å². The van der Waals surface area contributed by atoms with Crippen LogP contribution in [0.1, 0.15) is 35.5 Å². The molecule has 224 valence electrons. The Bertz CT molecular complexity index is 1750. The monoisotopic (exact) mass is 602 g/mol. The van der Waals surface area contributed by atoms with Gasteiger partial charge in [-0.05, 0) is 61.2 Å². The van der Waals surface area contributed by atoms with Gasteiger partial charge in [-0.1, -0.05) is 32.0 Å². The number of hydrogen-bond donors (Lipinski definition) is 3. The van der Waals surface area contributed by atoms with Crippen LogP contribution in [0.15, 0.2) is 70.1 Å². The highest BCUT2D eigenvalue weighted by atomic mass is 32.1. The molecule has 9 nitrogen and oxygen atoms in total. The fourth-order valence-corrected chi connectivity index (χ4v) is 5.90. The zero-order valence-corrected chi connectivity index (χ0v) is 25.5. The van der Waals surface area contributed by atoms with Crippen molar-refractivity contribution in [3.8, 4) is 11.3 Å². The van der Waals surface area contributed by atoms with Gasteiger partial charge in [0.1, 0.15) is 11.5 Å². The Morgan fingerprint density at radius 2 is 2.02 bits per heavy atom. The number of rotatable bonds is 8. The van der Waals surface area contributed by atoms with Crippen LogP contribution in [0, 0.1) is 11.7 Å². The number of aromatic nitrogens is 2. The molecule has 0 saturated carbocycles. The Hall–Kier alpha value is -4.19. The molecule has 0 radical (unpaired) electrons. The molecule has 0 aliphatic carbocycles. The quantitative estimate of drug-likeness (QED) is 0.232. The molecule has 1 atom stereocenters. The van der Waals surface area contributed by atoms with E-state index in [0.717, 1.165) is 47.5 Å². The van der Waals surface area contributed by atoms with Gasteiger partial charge in [-0.2, -0.15) is 5.10 Å². The maximum atomic E-state index is 15.1. The third-order valence-corrected chi connectivity index (χ3v) is 8.90. The number of H-pyrrole nitrogens is 1. The number of piperazine rings is 1. The minimum Gasteiger partial charge on any atom is -0.392 e. The van der Waals surface area contributed by atoms with Crippen molar-refractivity contribution in [2.24, 2.45) is 10.9 Å². The second kappa shape index (κ2) is 13.0. The van der Waals surface area contributed by atoms with E-state index in [1.807, 2.05) is 37.4 Å². The van der Waals surface area contributed by atoms with E-state index in [2.05, 4.69) is 46.2 Å². The van der Waals surface area contributed by atoms with Gasteiger partial charge >= 0.3 is 0 Å². The number of benzene rings is 2. The summed E-state index contributed by atoms with van der Waals surface area (Å²) >= 11 is 1.30. The lowest BCUT2D eigenvalue weighted by Crippen LogP contribution is -2.41. The van der Waals surface area contributed by atoms with Crippen molar-refractivity contribution in [1.29, 1.82) is 0 Å². The highest BCUT2D eigenvalue weighted by Crippen LogP contribution is 2.33. The predicted octanol–water partition coefficient (Wildman–Crippen LogP) is 5.42. The maximum Gasteiger partial charge on any atom is 0.290 e. The number of aliphatic hydroxyl groups excluding tert-OH is 1. The fraction of sp³-hybridized carbons (Fsp3) is 0.312. The zero-order valence-electron chi connectivity index (χ0n) is 24.6. The Kier molecular flexibility index (Phi) is 9.14. The van der Waals surface area contributed by atoms with Crippen molar-refractivity contribution in [2.75, 3.05) is 39.0 Å². The van der Waals surface area contributed by atoms with Crippen LogP contribution in [0.5, 0.6) is 0 Å². The highest BCUT2D eigenvalue weighted by Gasteiger charge is 2.21. The normalized spacial score (nSPS) is 16.2. The van der Waals surface area contributed by atoms with Crippen LogP contribution in [0.3, 0.4) is 0 Å². The van der Waals surface area contributed by atoms with E-state index in [1.165, 1.54) is 29.5 Å². The molecule has 43 heavy (non-hydrogen) atoms. The Morgan fingerprint density at radius 3 is 2.77 bits per heavy atom. The Morgan fingerprint density at radius 1 is 1.23 bits per heavy atom. The molecule has 0 bridgehead atoms. The van der Waals surface area contributed by atoms with Crippen LogP contribution >= 0.6 is 11.3 Å². The Labute approximate surface area is 253 Å². The highest BCUT2D eigenvalue weighted by molar-refractivity contribution is 7.20. The number of aliphatic hydroxyl groups is 1. The number of carbonyl (C=O) groups excluding carboxylic acids is 1. The number of fused-ring (bicyclic) bond motifs is 1. The fourth-order valence-electron chi connectivity index (χ4n) is 4.94. The lowest BCUT2D eigenvalue weighted by molar-refractivity contribution is 0.103. The van der Waals surface area contributed by atoms with Gasteiger partial charge in [0, 0.05) is 53.9 Å². The molecule has 1 saturated heterocycles. The first-order valence-corrected chi connectivity index (χ1v) is 15.0. The number of anilines is 1. The average Bonchev–Trinajstić information content (AvgIpc) is 3.45. The largest absolute Gasteiger partial charge is 0.392 e. The predicted molar refractivity (Wildman–Crippen MR) is 171 cm³/mol. The number of hydrogen-bond acceptors (Lipinski definition) is 8. The number of nitrogens with zero attached hydrogens (tertiary/aromatic N) is 4. The summed E-state index contributed by atoms with van der Waals surface area (Å²) < 4.78 is 16.0. The van der Waals surface area contributed by atoms with Crippen molar-refractivity contribution >= 4 is 44.4 Å². The Balaban J connectivity index is 1.52. The number of likely N-dealkylation sites (N-methyl/N-ethyl adjacent to an activating group) is 2. The summed E-state index contributed by atoms with van der Waals surface area (Å²) in [7, 11) is 4.12. The van der Waals surface area contributed by atoms with Crippen LogP contribution in [0.2, 0.25) is 0 Å². The summed E-state index contributed by atoms with van der Waals surface area (Å²) in [5.41, 5.74) is 2.19. The van der Waals surface area contributed by atoms with Gasteiger partial charge < -0.3 is 15.3 Å². The number of halogens is 1. The van der Waals surface area contributed by atoms with Crippen LogP contribution in [-0.4, -0.2) is 70.5 Å². The van der Waals surface area contributed by atoms with E-state index in [4.69, 9.17) is 4.99 Å². The molecule has 1 aliphatic rings. The van der Waals surface area contributed by atoms with Gasteiger partial charge in [-0.25, -0.2) is 14.5 Å². The number of allylic oxidation sites excluding steroid dienone is 1. The first kappa shape index (κ1) is 30.3. The van der Waals surface area contributed by atoms with E-state index < -0.39 is 23.9 Å². The molecule has 2 aromatic heterocycles. The van der Waals surface area contributed by atoms with E-state index in [-0.39, 0.29) is 28.6 Å². The molecular formula is C32H35FN6O3S. The average molecular weight is 603 g/mol. The third kappa shape index (κ3) is 6.58. The lowest BCUT2D eigenvalue weighted by atomic mass is 10.00. The molecule has 1 aliphatic heterocycles. The lowest BCUT2D eigenvalue weighted by Gasteiger charge is -2.34. The molecule has 1 fully saturated rings. The van der Waals surface area contributed by atoms with E-state index in [1.54, 1.807) is 6.07 Å². The van der Waals surface area contributed by atoms with Crippen molar-refractivity contribution < 1.29 is 14.3 Å². The number of amides is 1. The SMILES string of the molecule is CCC(C)C(/C=C1/CN(C)CCN1C)=Nc1cc(-c2ccc(F)c(NC(=O)c3cc4ccccc4s3)c2CO)n[nH]c1=O. The van der Waals surface area contributed by atoms with Crippen LogP contribution in [0.25, 0.3) is 21.3 Å². The molecule has 11 heteroatoms. The zero-order chi connectivity index (χ0) is 30.7. The minimum absolute atomic E-state index is 0.0821. The first-order chi connectivity index (χ1) is 20.7. The van der Waals surface area contributed by atoms with Gasteiger partial charge in [-0.3, -0.25) is 14.5 Å². The third-order valence-electron chi connectivity index (χ3n) is 7.79. The summed E-state index contributed by atoms with van der Waals surface area (Å²) in [6.45, 7) is 6.20. The van der Waals surface area contributed by atoms with Gasteiger partial charge in [0.05, 0.1) is 22.9 Å². The van der Waals surface area contributed by atoms with Gasteiger partial charge in [0.2, 0.25) is 0 Å². The van der Waals surface area contributed by atoms with Crippen molar-refractivity contribution in [3.05, 3.63) is 86.9 Å².